The fourth-order valence-electron chi connectivity index (χ4n) is 3.33. The first-order valence-corrected chi connectivity index (χ1v) is 9.80. The predicted molar refractivity (Wildman–Crippen MR) is 119 cm³/mol. The van der Waals surface area contributed by atoms with Crippen molar-refractivity contribution >= 4 is 35.1 Å². The van der Waals surface area contributed by atoms with E-state index in [0.717, 1.165) is 42.9 Å². The Hall–Kier alpha value is -3.32. The first kappa shape index (κ1) is 20.4. The van der Waals surface area contributed by atoms with Crippen LogP contribution in [0.1, 0.15) is 24.2 Å². The minimum atomic E-state index is -0.237. The monoisotopic (exact) mass is 393 g/mol. The molecule has 1 fully saturated rings. The van der Waals surface area contributed by atoms with E-state index in [2.05, 4.69) is 15.6 Å². The Bertz CT molecular complexity index is 935. The van der Waals surface area contributed by atoms with Crippen LogP contribution in [0.4, 0.5) is 11.4 Å². The first-order chi connectivity index (χ1) is 14.1. The van der Waals surface area contributed by atoms with Gasteiger partial charge in [-0.05, 0) is 30.3 Å². The number of rotatable bonds is 6. The number of para-hydroxylation sites is 2. The summed E-state index contributed by atoms with van der Waals surface area (Å²) in [4.78, 5) is 15.7. The van der Waals surface area contributed by atoms with Crippen LogP contribution in [0.15, 0.2) is 48.7 Å². The maximum Gasteiger partial charge on any atom is 0.248 e. The summed E-state index contributed by atoms with van der Waals surface area (Å²) in [6.07, 6.45) is 9.03. The van der Waals surface area contributed by atoms with Gasteiger partial charge in [0.1, 0.15) is 0 Å². The first-order valence-electron chi connectivity index (χ1n) is 9.80. The summed E-state index contributed by atoms with van der Waals surface area (Å²) < 4.78 is 2.00. The van der Waals surface area contributed by atoms with Crippen molar-refractivity contribution in [3.05, 3.63) is 60.1 Å². The molecule has 0 atom stereocenters. The Balaban J connectivity index is 1.67. The van der Waals surface area contributed by atoms with Gasteiger partial charge in [0.05, 0.1) is 22.6 Å². The van der Waals surface area contributed by atoms with Crippen LogP contribution in [0.5, 0.6) is 0 Å². The minimum Gasteiger partial charge on any atom is -0.404 e. The smallest absolute Gasteiger partial charge is 0.248 e. The molecule has 1 aromatic heterocycles. The van der Waals surface area contributed by atoms with Gasteiger partial charge in [0, 0.05) is 50.9 Å². The lowest BCUT2D eigenvalue weighted by Gasteiger charge is -2.14. The molecule has 7 heteroatoms. The van der Waals surface area contributed by atoms with Gasteiger partial charge in [-0.15, -0.1) is 0 Å². The molecule has 0 unspecified atom stereocenters. The van der Waals surface area contributed by atoms with Crippen LogP contribution in [-0.2, 0) is 11.8 Å². The number of carbonyl (C=O) groups is 1. The summed E-state index contributed by atoms with van der Waals surface area (Å²) in [6.45, 7) is 2.06. The average molecular weight is 394 g/mol. The number of nitrogens with two attached hydrogens (primary N) is 2. The van der Waals surface area contributed by atoms with E-state index < -0.39 is 0 Å². The Morgan fingerprint density at radius 3 is 2.72 bits per heavy atom. The molecule has 2 aromatic rings. The van der Waals surface area contributed by atoms with Crippen LogP contribution < -0.4 is 27.1 Å². The number of hydrogen-bond donors (Lipinski definition) is 5. The number of nitrogens with zero attached hydrogens (tertiary/aromatic N) is 1. The highest BCUT2D eigenvalue weighted by Crippen LogP contribution is 2.18. The molecule has 29 heavy (non-hydrogen) atoms. The molecular weight excluding hydrogens is 364 g/mol. The third kappa shape index (κ3) is 5.36. The average Bonchev–Trinajstić information content (AvgIpc) is 3.10. The molecule has 1 aromatic carbocycles. The van der Waals surface area contributed by atoms with Crippen molar-refractivity contribution in [1.29, 1.82) is 0 Å². The molecule has 7 N–H and O–H groups in total. The summed E-state index contributed by atoms with van der Waals surface area (Å²) in [5.41, 5.74) is 15.6. The maximum atomic E-state index is 12.2. The summed E-state index contributed by atoms with van der Waals surface area (Å²) in [6, 6.07) is 11.6. The normalized spacial score (nSPS) is 16.0. The van der Waals surface area contributed by atoms with E-state index >= 15 is 0 Å². The van der Waals surface area contributed by atoms with Crippen molar-refractivity contribution < 1.29 is 9.79 Å². The fourth-order valence-corrected chi connectivity index (χ4v) is 3.33. The van der Waals surface area contributed by atoms with Gasteiger partial charge in [-0.25, -0.2) is 4.99 Å². The number of amides is 1. The molecule has 1 aliphatic heterocycles. The van der Waals surface area contributed by atoms with Crippen LogP contribution in [0.2, 0.25) is 0 Å². The quantitative estimate of drug-likeness (QED) is 0.279. The topological polar surface area (TPSA) is 112 Å². The van der Waals surface area contributed by atoms with E-state index in [1.54, 1.807) is 24.4 Å². The van der Waals surface area contributed by atoms with E-state index in [1.807, 2.05) is 42.1 Å². The van der Waals surface area contributed by atoms with Gasteiger partial charge in [0.2, 0.25) is 5.91 Å². The Morgan fingerprint density at radius 1 is 1.24 bits per heavy atom. The largest absolute Gasteiger partial charge is 0.404 e. The SMILES string of the molecule is Cn1c(/C=C/C(=O)Nc2ccccc2N)ccc1C(C=[NH+]C1CCNCC1)=CN. The molecule has 152 valence electrons. The molecule has 1 saturated heterocycles. The highest BCUT2D eigenvalue weighted by Gasteiger charge is 2.16. The van der Waals surface area contributed by atoms with Crippen LogP contribution >= 0.6 is 0 Å². The molecule has 0 radical (unpaired) electrons. The van der Waals surface area contributed by atoms with Crippen LogP contribution in [0.25, 0.3) is 11.6 Å². The lowest BCUT2D eigenvalue weighted by Crippen LogP contribution is -2.78. The van der Waals surface area contributed by atoms with Gasteiger partial charge in [-0.3, -0.25) is 4.79 Å². The maximum absolute atomic E-state index is 12.2. The summed E-state index contributed by atoms with van der Waals surface area (Å²) >= 11 is 0. The van der Waals surface area contributed by atoms with E-state index in [1.165, 1.54) is 6.08 Å². The second-order valence-corrected chi connectivity index (χ2v) is 7.07. The number of nitrogen functional groups attached to an aromatic ring is 1. The van der Waals surface area contributed by atoms with Crippen molar-refractivity contribution in [3.63, 3.8) is 0 Å². The number of piperidine rings is 1. The van der Waals surface area contributed by atoms with Crippen molar-refractivity contribution in [3.8, 4) is 0 Å². The number of aromatic nitrogens is 1. The molecule has 0 spiro atoms. The number of anilines is 2. The van der Waals surface area contributed by atoms with Gasteiger partial charge in [-0.2, -0.15) is 0 Å². The Morgan fingerprint density at radius 2 is 2.00 bits per heavy atom. The zero-order chi connectivity index (χ0) is 20.6. The molecule has 0 bridgehead atoms. The van der Waals surface area contributed by atoms with Crippen molar-refractivity contribution in [1.82, 2.24) is 9.88 Å². The van der Waals surface area contributed by atoms with Gasteiger partial charge < -0.3 is 26.7 Å². The fraction of sp³-hybridized carbons (Fsp3) is 0.273. The number of benzene rings is 1. The third-order valence-electron chi connectivity index (χ3n) is 5.07. The highest BCUT2D eigenvalue weighted by atomic mass is 16.1. The van der Waals surface area contributed by atoms with Gasteiger partial charge in [-0.1, -0.05) is 12.1 Å². The Kier molecular flexibility index (Phi) is 6.86. The number of hydrogen-bond acceptors (Lipinski definition) is 4. The molecular formula is C22H29N6O+. The summed E-state index contributed by atoms with van der Waals surface area (Å²) in [5.74, 6) is -0.237. The lowest BCUT2D eigenvalue weighted by atomic mass is 10.1. The highest BCUT2D eigenvalue weighted by molar-refractivity contribution is 6.06. The molecule has 1 amide bonds. The summed E-state index contributed by atoms with van der Waals surface area (Å²) in [5, 5.41) is 6.14. The van der Waals surface area contributed by atoms with Crippen molar-refractivity contribution in [2.75, 3.05) is 24.1 Å². The predicted octanol–water partition coefficient (Wildman–Crippen LogP) is 0.462. The standard InChI is InChI=1S/C22H28N6O/c1-28-18(7-9-22(29)27-20-5-3-2-4-19(20)24)6-8-21(28)16(14-23)15-26-17-10-12-25-13-11-17/h2-9,14-15,17,25H,10-13,23-24H2,1H3,(H,27,29)/p+1/b9-7+,16-14?,26-15?. The molecule has 3 rings (SSSR count). The van der Waals surface area contributed by atoms with Crippen molar-refractivity contribution in [2.24, 2.45) is 12.8 Å². The second kappa shape index (κ2) is 9.75. The van der Waals surface area contributed by atoms with Crippen molar-refractivity contribution in [2.45, 2.75) is 18.9 Å². The van der Waals surface area contributed by atoms with Gasteiger partial charge in [0.15, 0.2) is 12.3 Å². The molecule has 1 aliphatic rings. The molecule has 7 nitrogen and oxygen atoms in total. The molecule has 2 heterocycles. The Labute approximate surface area is 171 Å². The number of carbonyl (C=O) groups excluding carboxylic acids is 1. The number of allylic oxidation sites excluding steroid dienone is 1. The zero-order valence-corrected chi connectivity index (χ0v) is 16.7. The number of nitrogens with one attached hydrogen (secondary N) is 3. The van der Waals surface area contributed by atoms with Crippen LogP contribution in [0.3, 0.4) is 0 Å². The second-order valence-electron chi connectivity index (χ2n) is 7.07. The summed E-state index contributed by atoms with van der Waals surface area (Å²) in [7, 11) is 1.95. The van der Waals surface area contributed by atoms with E-state index in [-0.39, 0.29) is 5.91 Å². The minimum absolute atomic E-state index is 0.237. The lowest BCUT2D eigenvalue weighted by molar-refractivity contribution is -0.500. The third-order valence-corrected chi connectivity index (χ3v) is 5.07. The van der Waals surface area contributed by atoms with E-state index in [0.29, 0.717) is 17.4 Å². The van der Waals surface area contributed by atoms with Gasteiger partial charge >= 0.3 is 0 Å². The van der Waals surface area contributed by atoms with Crippen LogP contribution in [-0.4, -0.2) is 35.8 Å². The molecule has 0 aliphatic carbocycles. The van der Waals surface area contributed by atoms with Crippen LogP contribution in [0, 0.1) is 0 Å². The van der Waals surface area contributed by atoms with Gasteiger partial charge in [0.25, 0.3) is 0 Å². The molecule has 0 saturated carbocycles. The van der Waals surface area contributed by atoms with E-state index in [9.17, 15) is 4.79 Å². The van der Waals surface area contributed by atoms with E-state index in [4.69, 9.17) is 11.5 Å². The zero-order valence-electron chi connectivity index (χ0n) is 16.7.